The molecule has 7 heteroatoms. The van der Waals surface area contributed by atoms with Crippen LogP contribution in [0.1, 0.15) is 18.4 Å². The molecule has 1 saturated heterocycles. The number of hydrogen-bond donors (Lipinski definition) is 0. The molecule has 1 fully saturated rings. The Kier molecular flexibility index (Phi) is 5.99. The van der Waals surface area contributed by atoms with Crippen molar-refractivity contribution in [2.75, 3.05) is 38.2 Å². The third-order valence-corrected chi connectivity index (χ3v) is 4.53. The molecule has 0 saturated carbocycles. The molecule has 26 heavy (non-hydrogen) atoms. The molecule has 3 rings (SSSR count). The lowest BCUT2D eigenvalue weighted by Crippen LogP contribution is -2.35. The fourth-order valence-corrected chi connectivity index (χ4v) is 3.12. The molecule has 0 aliphatic carbocycles. The number of nitrogens with zero attached hydrogens (tertiary/aromatic N) is 4. The average Bonchev–Trinajstić information content (AvgIpc) is 2.93. The number of ether oxygens (including phenoxy) is 1. The van der Waals surface area contributed by atoms with Crippen molar-refractivity contribution in [3.05, 3.63) is 48.0 Å². The lowest BCUT2D eigenvalue weighted by Gasteiger charge is -2.23. The van der Waals surface area contributed by atoms with Gasteiger partial charge in [-0.2, -0.15) is 0 Å². The summed E-state index contributed by atoms with van der Waals surface area (Å²) in [6.45, 7) is 2.86. The van der Waals surface area contributed by atoms with E-state index < -0.39 is 0 Å². The van der Waals surface area contributed by atoms with Crippen molar-refractivity contribution in [3.8, 4) is 5.88 Å². The fraction of sp³-hybridized carbons (Fsp3) is 0.421. The smallest absolute Gasteiger partial charge is 0.257 e. The molecule has 0 atom stereocenters. The number of anilines is 1. The molecule has 2 aromatic rings. The minimum atomic E-state index is -0.257. The SMILES string of the molecule is COc1nccnc1N1CCCN(C(=O)CCc2ccc(F)cc2)CC1. The van der Waals surface area contributed by atoms with Gasteiger partial charge < -0.3 is 14.5 Å². The number of hydrogen-bond acceptors (Lipinski definition) is 5. The average molecular weight is 358 g/mol. The molecule has 1 aliphatic heterocycles. The summed E-state index contributed by atoms with van der Waals surface area (Å²) in [5, 5.41) is 0. The highest BCUT2D eigenvalue weighted by molar-refractivity contribution is 5.76. The topological polar surface area (TPSA) is 58.6 Å². The van der Waals surface area contributed by atoms with Crippen LogP contribution < -0.4 is 9.64 Å². The second kappa shape index (κ2) is 8.60. The fourth-order valence-electron chi connectivity index (χ4n) is 3.12. The summed E-state index contributed by atoms with van der Waals surface area (Å²) >= 11 is 0. The number of rotatable bonds is 5. The zero-order valence-electron chi connectivity index (χ0n) is 14.9. The Morgan fingerprint density at radius 2 is 1.88 bits per heavy atom. The monoisotopic (exact) mass is 358 g/mol. The lowest BCUT2D eigenvalue weighted by molar-refractivity contribution is -0.130. The number of aryl methyl sites for hydroxylation is 1. The van der Waals surface area contributed by atoms with E-state index in [1.165, 1.54) is 12.1 Å². The van der Waals surface area contributed by atoms with E-state index in [4.69, 9.17) is 4.74 Å². The van der Waals surface area contributed by atoms with Gasteiger partial charge in [0.15, 0.2) is 5.82 Å². The number of carbonyl (C=O) groups excluding carboxylic acids is 1. The number of benzene rings is 1. The first-order valence-corrected chi connectivity index (χ1v) is 8.79. The Morgan fingerprint density at radius 3 is 2.65 bits per heavy atom. The Balaban J connectivity index is 1.56. The van der Waals surface area contributed by atoms with Crippen LogP contribution in [0.5, 0.6) is 5.88 Å². The van der Waals surface area contributed by atoms with E-state index in [0.29, 0.717) is 31.8 Å². The summed E-state index contributed by atoms with van der Waals surface area (Å²) in [7, 11) is 1.58. The second-order valence-corrected chi connectivity index (χ2v) is 6.24. The lowest BCUT2D eigenvalue weighted by atomic mass is 10.1. The number of amides is 1. The van der Waals surface area contributed by atoms with E-state index in [1.54, 1.807) is 31.6 Å². The van der Waals surface area contributed by atoms with Gasteiger partial charge in [-0.25, -0.2) is 14.4 Å². The van der Waals surface area contributed by atoms with Gasteiger partial charge >= 0.3 is 0 Å². The van der Waals surface area contributed by atoms with Crippen LogP contribution in [0.2, 0.25) is 0 Å². The maximum Gasteiger partial charge on any atom is 0.257 e. The molecule has 0 spiro atoms. The number of halogens is 1. The first kappa shape index (κ1) is 18.1. The number of carbonyl (C=O) groups is 1. The highest BCUT2D eigenvalue weighted by atomic mass is 19.1. The van der Waals surface area contributed by atoms with Crippen LogP contribution >= 0.6 is 0 Å². The molecule has 0 radical (unpaired) electrons. The minimum Gasteiger partial charge on any atom is -0.478 e. The molecular weight excluding hydrogens is 335 g/mol. The molecule has 1 aliphatic rings. The number of aromatic nitrogens is 2. The van der Waals surface area contributed by atoms with Crippen LogP contribution in [0.3, 0.4) is 0 Å². The van der Waals surface area contributed by atoms with Gasteiger partial charge in [-0.05, 0) is 30.5 Å². The van der Waals surface area contributed by atoms with E-state index >= 15 is 0 Å². The molecule has 6 nitrogen and oxygen atoms in total. The van der Waals surface area contributed by atoms with Gasteiger partial charge in [-0.3, -0.25) is 4.79 Å². The van der Waals surface area contributed by atoms with E-state index in [1.807, 2.05) is 4.90 Å². The van der Waals surface area contributed by atoms with Crippen molar-refractivity contribution in [3.63, 3.8) is 0 Å². The van der Waals surface area contributed by atoms with Gasteiger partial charge in [-0.15, -0.1) is 0 Å². The maximum atomic E-state index is 13.0. The van der Waals surface area contributed by atoms with E-state index in [9.17, 15) is 9.18 Å². The second-order valence-electron chi connectivity index (χ2n) is 6.24. The predicted molar refractivity (Wildman–Crippen MR) is 96.7 cm³/mol. The van der Waals surface area contributed by atoms with Crippen molar-refractivity contribution in [2.24, 2.45) is 0 Å². The van der Waals surface area contributed by atoms with Gasteiger partial charge in [0.1, 0.15) is 5.82 Å². The molecule has 1 aromatic carbocycles. The Morgan fingerprint density at radius 1 is 1.12 bits per heavy atom. The molecule has 2 heterocycles. The first-order valence-electron chi connectivity index (χ1n) is 8.79. The van der Waals surface area contributed by atoms with Crippen molar-refractivity contribution in [1.82, 2.24) is 14.9 Å². The van der Waals surface area contributed by atoms with Crippen LogP contribution in [-0.4, -0.2) is 54.1 Å². The van der Waals surface area contributed by atoms with Gasteiger partial charge in [0, 0.05) is 45.0 Å². The summed E-state index contributed by atoms with van der Waals surface area (Å²) in [6, 6.07) is 6.32. The van der Waals surface area contributed by atoms with Gasteiger partial charge in [0.2, 0.25) is 5.91 Å². The highest BCUT2D eigenvalue weighted by Crippen LogP contribution is 2.23. The highest BCUT2D eigenvalue weighted by Gasteiger charge is 2.22. The standard InChI is InChI=1S/C19H23FN4O2/c1-26-19-18(21-9-10-22-19)24-12-2-11-23(13-14-24)17(25)8-5-15-3-6-16(20)7-4-15/h3-4,6-7,9-10H,2,5,8,11-14H2,1H3. The molecule has 0 unspecified atom stereocenters. The summed E-state index contributed by atoms with van der Waals surface area (Å²) in [6.07, 6.45) is 5.17. The largest absolute Gasteiger partial charge is 0.478 e. The molecular formula is C19H23FN4O2. The maximum absolute atomic E-state index is 13.0. The Bertz CT molecular complexity index is 739. The normalized spacial score (nSPS) is 14.8. The summed E-state index contributed by atoms with van der Waals surface area (Å²) in [4.78, 5) is 25.1. The van der Waals surface area contributed by atoms with Gasteiger partial charge in [0.05, 0.1) is 7.11 Å². The molecule has 138 valence electrons. The Hall–Kier alpha value is -2.70. The van der Waals surface area contributed by atoms with E-state index in [2.05, 4.69) is 14.9 Å². The molecule has 1 aromatic heterocycles. The van der Waals surface area contributed by atoms with Gasteiger partial charge in [0.25, 0.3) is 5.88 Å². The van der Waals surface area contributed by atoms with E-state index in [-0.39, 0.29) is 11.7 Å². The quantitative estimate of drug-likeness (QED) is 0.821. The first-order chi connectivity index (χ1) is 12.7. The third-order valence-electron chi connectivity index (χ3n) is 4.53. The molecule has 0 bridgehead atoms. The van der Waals surface area contributed by atoms with Crippen molar-refractivity contribution in [2.45, 2.75) is 19.3 Å². The zero-order valence-corrected chi connectivity index (χ0v) is 14.9. The predicted octanol–water partition coefficient (Wildman–Crippen LogP) is 2.30. The van der Waals surface area contributed by atoms with Crippen LogP contribution in [-0.2, 0) is 11.2 Å². The van der Waals surface area contributed by atoms with Crippen LogP contribution in [0.4, 0.5) is 10.2 Å². The summed E-state index contributed by atoms with van der Waals surface area (Å²) < 4.78 is 18.2. The zero-order chi connectivity index (χ0) is 18.4. The van der Waals surface area contributed by atoms with Crippen molar-refractivity contribution in [1.29, 1.82) is 0 Å². The summed E-state index contributed by atoms with van der Waals surface area (Å²) in [5.74, 6) is 1.09. The van der Waals surface area contributed by atoms with Crippen LogP contribution in [0.25, 0.3) is 0 Å². The summed E-state index contributed by atoms with van der Waals surface area (Å²) in [5.41, 5.74) is 0.973. The van der Waals surface area contributed by atoms with E-state index in [0.717, 1.165) is 30.9 Å². The van der Waals surface area contributed by atoms with Crippen LogP contribution in [0, 0.1) is 5.82 Å². The number of methoxy groups -OCH3 is 1. The molecule has 0 N–H and O–H groups in total. The molecule has 1 amide bonds. The minimum absolute atomic E-state index is 0.127. The Labute approximate surface area is 152 Å². The van der Waals surface area contributed by atoms with Crippen molar-refractivity contribution < 1.29 is 13.9 Å². The van der Waals surface area contributed by atoms with Crippen molar-refractivity contribution >= 4 is 11.7 Å². The third kappa shape index (κ3) is 4.47. The van der Waals surface area contributed by atoms with Gasteiger partial charge in [-0.1, -0.05) is 12.1 Å². The van der Waals surface area contributed by atoms with Crippen LogP contribution in [0.15, 0.2) is 36.7 Å².